The number of benzene rings is 4. The van der Waals surface area contributed by atoms with E-state index in [1.807, 2.05) is 0 Å². The fraction of sp³-hybridized carbons (Fsp3) is 0.0769. The van der Waals surface area contributed by atoms with Gasteiger partial charge in [0.05, 0.1) is 0 Å². The summed E-state index contributed by atoms with van der Waals surface area (Å²) in [6.07, 6.45) is 0. The molecule has 5 aromatic rings. The Morgan fingerprint density at radius 1 is 0.607 bits per heavy atom. The van der Waals surface area contributed by atoms with Gasteiger partial charge in [0.1, 0.15) is 0 Å². The number of halogens is 1. The van der Waals surface area contributed by atoms with Crippen LogP contribution in [0.2, 0.25) is 0 Å². The Morgan fingerprint density at radius 3 is 2.04 bits per heavy atom. The molecule has 136 valence electrons. The van der Waals surface area contributed by atoms with Crippen molar-refractivity contribution in [3.63, 3.8) is 0 Å². The molecule has 0 atom stereocenters. The van der Waals surface area contributed by atoms with E-state index in [2.05, 4.69) is 118 Å². The number of hydrogen-bond acceptors (Lipinski definition) is 0. The van der Waals surface area contributed by atoms with Gasteiger partial charge < -0.3 is 4.57 Å². The minimum absolute atomic E-state index is 0.965. The Balaban J connectivity index is 1.66. The Kier molecular flexibility index (Phi) is 4.29. The molecule has 0 radical (unpaired) electrons. The van der Waals surface area contributed by atoms with Crippen molar-refractivity contribution in [1.29, 1.82) is 0 Å². The molecule has 0 aliphatic heterocycles. The van der Waals surface area contributed by atoms with E-state index >= 15 is 0 Å². The van der Waals surface area contributed by atoms with Crippen molar-refractivity contribution in [3.8, 4) is 22.3 Å². The molecule has 0 saturated heterocycles. The first-order valence-corrected chi connectivity index (χ1v) is 10.4. The SMILES string of the molecule is CCn1c2ccccc2c2ccc(-c3cccc(-c4ccc(Br)cc4)c3)cc21. The zero-order valence-electron chi connectivity index (χ0n) is 15.7. The molecule has 0 bridgehead atoms. The van der Waals surface area contributed by atoms with Crippen LogP contribution in [0, 0.1) is 0 Å². The smallest absolute Gasteiger partial charge is 0.0497 e. The van der Waals surface area contributed by atoms with Crippen LogP contribution in [0.1, 0.15) is 6.92 Å². The predicted octanol–water partition coefficient (Wildman–Crippen LogP) is 7.91. The maximum Gasteiger partial charge on any atom is 0.0497 e. The topological polar surface area (TPSA) is 4.93 Å². The van der Waals surface area contributed by atoms with E-state index in [0.717, 1.165) is 11.0 Å². The van der Waals surface area contributed by atoms with Gasteiger partial charge in [-0.15, -0.1) is 0 Å². The minimum atomic E-state index is 0.965. The summed E-state index contributed by atoms with van der Waals surface area (Å²) in [6, 6.07) is 32.8. The van der Waals surface area contributed by atoms with Gasteiger partial charge in [0, 0.05) is 32.8 Å². The third kappa shape index (κ3) is 2.85. The van der Waals surface area contributed by atoms with Crippen molar-refractivity contribution in [3.05, 3.63) is 95.5 Å². The van der Waals surface area contributed by atoms with Crippen molar-refractivity contribution in [2.45, 2.75) is 13.5 Å². The molecule has 0 amide bonds. The molecule has 0 saturated carbocycles. The lowest BCUT2D eigenvalue weighted by Gasteiger charge is -2.08. The third-order valence-electron chi connectivity index (χ3n) is 5.46. The Bertz CT molecular complexity index is 1300. The van der Waals surface area contributed by atoms with Crippen LogP contribution in [0.4, 0.5) is 0 Å². The number of aryl methyl sites for hydroxylation is 1. The van der Waals surface area contributed by atoms with Gasteiger partial charge in [0.15, 0.2) is 0 Å². The van der Waals surface area contributed by atoms with Crippen molar-refractivity contribution < 1.29 is 0 Å². The molecule has 0 aliphatic carbocycles. The molecule has 1 nitrogen and oxygen atoms in total. The molecule has 5 rings (SSSR count). The van der Waals surface area contributed by atoms with Crippen molar-refractivity contribution >= 4 is 37.7 Å². The largest absolute Gasteiger partial charge is 0.341 e. The molecule has 1 aromatic heterocycles. The Hall–Kier alpha value is -2.84. The Labute approximate surface area is 173 Å². The van der Waals surface area contributed by atoms with Crippen LogP contribution in [0.25, 0.3) is 44.1 Å². The van der Waals surface area contributed by atoms with Gasteiger partial charge >= 0.3 is 0 Å². The molecule has 0 N–H and O–H groups in total. The number of hydrogen-bond donors (Lipinski definition) is 0. The molecular weight excluding hydrogens is 406 g/mol. The number of fused-ring (bicyclic) bond motifs is 3. The number of nitrogens with zero attached hydrogens (tertiary/aromatic N) is 1. The highest BCUT2D eigenvalue weighted by Crippen LogP contribution is 2.33. The normalized spacial score (nSPS) is 11.4. The lowest BCUT2D eigenvalue weighted by atomic mass is 9.98. The number of para-hydroxylation sites is 1. The molecule has 0 fully saturated rings. The van der Waals surface area contributed by atoms with Crippen molar-refractivity contribution in [2.24, 2.45) is 0 Å². The lowest BCUT2D eigenvalue weighted by molar-refractivity contribution is 0.827. The zero-order valence-corrected chi connectivity index (χ0v) is 17.3. The fourth-order valence-electron chi connectivity index (χ4n) is 4.09. The molecule has 0 aliphatic rings. The van der Waals surface area contributed by atoms with Crippen molar-refractivity contribution in [2.75, 3.05) is 0 Å². The molecule has 1 heterocycles. The molecule has 0 spiro atoms. The molecular formula is C26H20BrN. The summed E-state index contributed by atoms with van der Waals surface area (Å²) in [6.45, 7) is 3.18. The summed E-state index contributed by atoms with van der Waals surface area (Å²) < 4.78 is 3.51. The highest BCUT2D eigenvalue weighted by Gasteiger charge is 2.10. The van der Waals surface area contributed by atoms with Crippen LogP contribution in [0.15, 0.2) is 95.5 Å². The van der Waals surface area contributed by atoms with E-state index in [-0.39, 0.29) is 0 Å². The summed E-state index contributed by atoms with van der Waals surface area (Å²) in [5, 5.41) is 2.65. The van der Waals surface area contributed by atoms with Crippen LogP contribution in [-0.4, -0.2) is 4.57 Å². The number of rotatable bonds is 3. The van der Waals surface area contributed by atoms with Gasteiger partial charge in [-0.2, -0.15) is 0 Å². The van der Waals surface area contributed by atoms with Gasteiger partial charge in [-0.05, 0) is 59.5 Å². The fourth-order valence-corrected chi connectivity index (χ4v) is 4.35. The van der Waals surface area contributed by atoms with Crippen LogP contribution >= 0.6 is 15.9 Å². The van der Waals surface area contributed by atoms with Crippen LogP contribution in [0.3, 0.4) is 0 Å². The van der Waals surface area contributed by atoms with Crippen LogP contribution in [-0.2, 0) is 6.54 Å². The average Bonchev–Trinajstić information content (AvgIpc) is 3.07. The summed E-state index contributed by atoms with van der Waals surface area (Å²) in [4.78, 5) is 0. The highest BCUT2D eigenvalue weighted by molar-refractivity contribution is 9.10. The quantitative estimate of drug-likeness (QED) is 0.276. The maximum atomic E-state index is 3.52. The van der Waals surface area contributed by atoms with E-state index in [1.54, 1.807) is 0 Å². The lowest BCUT2D eigenvalue weighted by Crippen LogP contribution is -1.93. The second-order valence-corrected chi connectivity index (χ2v) is 8.00. The van der Waals surface area contributed by atoms with Gasteiger partial charge in [-0.25, -0.2) is 0 Å². The summed E-state index contributed by atoms with van der Waals surface area (Å²) in [5.41, 5.74) is 7.57. The average molecular weight is 426 g/mol. The van der Waals surface area contributed by atoms with Crippen molar-refractivity contribution in [1.82, 2.24) is 4.57 Å². The Morgan fingerprint density at radius 2 is 1.25 bits per heavy atom. The molecule has 28 heavy (non-hydrogen) atoms. The second kappa shape index (κ2) is 6.96. The van der Waals surface area contributed by atoms with Crippen LogP contribution < -0.4 is 0 Å². The monoisotopic (exact) mass is 425 g/mol. The van der Waals surface area contributed by atoms with Gasteiger partial charge in [-0.3, -0.25) is 0 Å². The van der Waals surface area contributed by atoms with Gasteiger partial charge in [0.2, 0.25) is 0 Å². The third-order valence-corrected chi connectivity index (χ3v) is 5.99. The van der Waals surface area contributed by atoms with E-state index in [4.69, 9.17) is 0 Å². The van der Waals surface area contributed by atoms with Crippen LogP contribution in [0.5, 0.6) is 0 Å². The van der Waals surface area contributed by atoms with E-state index in [9.17, 15) is 0 Å². The highest BCUT2D eigenvalue weighted by atomic mass is 79.9. The predicted molar refractivity (Wildman–Crippen MR) is 124 cm³/mol. The van der Waals surface area contributed by atoms with E-state index < -0.39 is 0 Å². The first-order valence-electron chi connectivity index (χ1n) is 9.62. The van der Waals surface area contributed by atoms with E-state index in [0.29, 0.717) is 0 Å². The second-order valence-electron chi connectivity index (χ2n) is 7.08. The summed E-state index contributed by atoms with van der Waals surface area (Å²) in [7, 11) is 0. The molecule has 0 unspecified atom stereocenters. The zero-order chi connectivity index (χ0) is 19.1. The minimum Gasteiger partial charge on any atom is -0.341 e. The maximum absolute atomic E-state index is 3.52. The van der Waals surface area contributed by atoms with Gasteiger partial charge in [0.25, 0.3) is 0 Å². The first kappa shape index (κ1) is 17.3. The summed E-state index contributed by atoms with van der Waals surface area (Å²) in [5.74, 6) is 0. The summed E-state index contributed by atoms with van der Waals surface area (Å²) >= 11 is 3.52. The number of aromatic nitrogens is 1. The first-order chi connectivity index (χ1) is 13.7. The molecule has 2 heteroatoms. The molecule has 4 aromatic carbocycles. The standard InChI is InChI=1S/C26H20BrN/c1-2-28-25-9-4-3-8-23(25)24-15-12-21(17-26(24)28)20-7-5-6-19(16-20)18-10-13-22(27)14-11-18/h3-17H,2H2,1H3. The van der Waals surface area contributed by atoms with E-state index in [1.165, 1.54) is 44.1 Å². The van der Waals surface area contributed by atoms with Gasteiger partial charge in [-0.1, -0.05) is 76.6 Å².